The molecule has 136 valence electrons. The molecule has 1 fully saturated rings. The number of rotatable bonds is 3. The average molecular weight is 352 g/mol. The second-order valence-corrected chi connectivity index (χ2v) is 7.15. The Morgan fingerprint density at radius 3 is 2.15 bits per heavy atom. The van der Waals surface area contributed by atoms with Crippen LogP contribution < -0.4 is 4.74 Å². The summed E-state index contributed by atoms with van der Waals surface area (Å²) in [4.78, 5) is 0. The van der Waals surface area contributed by atoms with E-state index < -0.39 is 5.79 Å². The van der Waals surface area contributed by atoms with Crippen LogP contribution in [0, 0.1) is 6.92 Å². The van der Waals surface area contributed by atoms with E-state index in [1.807, 2.05) is 43.3 Å². The maximum absolute atomic E-state index is 11.0. The van der Waals surface area contributed by atoms with Crippen LogP contribution in [0.3, 0.4) is 0 Å². The summed E-state index contributed by atoms with van der Waals surface area (Å²) < 4.78 is 12.2. The van der Waals surface area contributed by atoms with Crippen LogP contribution in [-0.4, -0.2) is 23.1 Å². The Kier molecular flexibility index (Phi) is 4.16. The van der Waals surface area contributed by atoms with Crippen molar-refractivity contribution in [2.75, 3.05) is 7.11 Å². The van der Waals surface area contributed by atoms with Gasteiger partial charge >= 0.3 is 0 Å². The molecule has 0 aromatic heterocycles. The monoisotopic (exact) mass is 352 g/mol. The number of hydrogen-bond acceptors (Lipinski definition) is 4. The topological polar surface area (TPSA) is 58.9 Å². The molecule has 0 unspecified atom stereocenters. The highest BCUT2D eigenvalue weighted by atomic mass is 16.7. The zero-order valence-corrected chi connectivity index (χ0v) is 15.2. The molecule has 0 bridgehead atoms. The number of fused-ring (bicyclic) bond motifs is 2. The van der Waals surface area contributed by atoms with Crippen LogP contribution in [0.15, 0.2) is 36.4 Å². The zero-order valence-electron chi connectivity index (χ0n) is 15.2. The van der Waals surface area contributed by atoms with Crippen molar-refractivity contribution in [1.29, 1.82) is 0 Å². The fourth-order valence-electron chi connectivity index (χ4n) is 4.05. The van der Waals surface area contributed by atoms with Gasteiger partial charge in [0.2, 0.25) is 5.79 Å². The fraction of sp³-hybridized carbons (Fsp3) is 0.364. The maximum atomic E-state index is 11.0. The van der Waals surface area contributed by atoms with E-state index in [0.29, 0.717) is 27.3 Å². The Bertz CT molecular complexity index is 971. The third kappa shape index (κ3) is 2.56. The molecule has 0 atom stereocenters. The molecule has 4 rings (SSSR count). The van der Waals surface area contributed by atoms with E-state index in [1.54, 1.807) is 7.11 Å². The zero-order chi connectivity index (χ0) is 18.3. The number of hydrogen-bond donors (Lipinski definition) is 2. The first-order chi connectivity index (χ1) is 12.6. The molecule has 0 amide bonds. The van der Waals surface area contributed by atoms with Gasteiger partial charge in [-0.15, -0.1) is 0 Å². The van der Waals surface area contributed by atoms with Crippen molar-refractivity contribution in [3.63, 3.8) is 0 Å². The van der Waals surface area contributed by atoms with Crippen LogP contribution in [0.25, 0.3) is 21.5 Å². The minimum absolute atomic E-state index is 0.133. The lowest BCUT2D eigenvalue weighted by atomic mass is 9.93. The highest BCUT2D eigenvalue weighted by Crippen LogP contribution is 2.48. The molecule has 2 N–H and O–H groups in total. The SMILES string of the molecule is COC1(Oc2c(C)ccc3c(O)c4ccccc4c(O)c23)CCCCC1. The number of aryl methyl sites for hydroxylation is 1. The molecular weight excluding hydrogens is 328 g/mol. The lowest BCUT2D eigenvalue weighted by molar-refractivity contribution is -0.182. The first kappa shape index (κ1) is 17.0. The molecule has 1 saturated carbocycles. The van der Waals surface area contributed by atoms with E-state index in [-0.39, 0.29) is 11.5 Å². The summed E-state index contributed by atoms with van der Waals surface area (Å²) in [5.74, 6) is 0.206. The van der Waals surface area contributed by atoms with Gasteiger partial charge < -0.3 is 19.7 Å². The van der Waals surface area contributed by atoms with Gasteiger partial charge in [0.1, 0.15) is 17.2 Å². The average Bonchev–Trinajstić information content (AvgIpc) is 2.68. The summed E-state index contributed by atoms with van der Waals surface area (Å²) in [6, 6.07) is 11.1. The maximum Gasteiger partial charge on any atom is 0.210 e. The quantitative estimate of drug-likeness (QED) is 0.376. The molecule has 0 saturated heterocycles. The van der Waals surface area contributed by atoms with E-state index in [0.717, 1.165) is 31.2 Å². The molecule has 0 radical (unpaired) electrons. The summed E-state index contributed by atoms with van der Waals surface area (Å²) in [6.45, 7) is 1.95. The van der Waals surface area contributed by atoms with Gasteiger partial charge in [0.15, 0.2) is 0 Å². The van der Waals surface area contributed by atoms with Crippen molar-refractivity contribution >= 4 is 21.5 Å². The molecule has 0 aliphatic heterocycles. The van der Waals surface area contributed by atoms with Gasteiger partial charge in [-0.3, -0.25) is 0 Å². The number of phenolic OH excluding ortho intramolecular Hbond substituents is 2. The Hall–Kier alpha value is -2.46. The van der Waals surface area contributed by atoms with Crippen molar-refractivity contribution in [1.82, 2.24) is 0 Å². The number of ether oxygens (including phenoxy) is 2. The van der Waals surface area contributed by atoms with Crippen LogP contribution in [-0.2, 0) is 4.74 Å². The predicted molar refractivity (Wildman–Crippen MR) is 103 cm³/mol. The summed E-state index contributed by atoms with van der Waals surface area (Å²) in [5.41, 5.74) is 0.907. The van der Waals surface area contributed by atoms with Crippen molar-refractivity contribution in [3.05, 3.63) is 42.0 Å². The van der Waals surface area contributed by atoms with E-state index in [4.69, 9.17) is 9.47 Å². The van der Waals surface area contributed by atoms with Gasteiger partial charge in [0.25, 0.3) is 0 Å². The van der Waals surface area contributed by atoms with Gasteiger partial charge in [0.05, 0.1) is 5.39 Å². The van der Waals surface area contributed by atoms with Gasteiger partial charge in [-0.05, 0) is 31.4 Å². The van der Waals surface area contributed by atoms with E-state index in [9.17, 15) is 10.2 Å². The van der Waals surface area contributed by atoms with Crippen LogP contribution in [0.5, 0.6) is 17.2 Å². The molecular formula is C22H24O4. The number of benzene rings is 3. The summed E-state index contributed by atoms with van der Waals surface area (Å²) in [7, 11) is 1.68. The Morgan fingerprint density at radius 1 is 0.846 bits per heavy atom. The third-order valence-electron chi connectivity index (χ3n) is 5.56. The van der Waals surface area contributed by atoms with Crippen molar-refractivity contribution in [3.8, 4) is 17.2 Å². The summed E-state index contributed by atoms with van der Waals surface area (Å²) >= 11 is 0. The number of phenols is 2. The summed E-state index contributed by atoms with van der Waals surface area (Å²) in [5, 5.41) is 24.1. The van der Waals surface area contributed by atoms with Crippen molar-refractivity contribution in [2.24, 2.45) is 0 Å². The van der Waals surface area contributed by atoms with Crippen LogP contribution >= 0.6 is 0 Å². The molecule has 4 heteroatoms. The van der Waals surface area contributed by atoms with Crippen LogP contribution in [0.1, 0.15) is 37.7 Å². The first-order valence-corrected chi connectivity index (χ1v) is 9.16. The smallest absolute Gasteiger partial charge is 0.210 e. The molecule has 1 aliphatic rings. The molecule has 3 aromatic carbocycles. The molecule has 0 heterocycles. The summed E-state index contributed by atoms with van der Waals surface area (Å²) in [6.07, 6.45) is 4.93. The lowest BCUT2D eigenvalue weighted by Gasteiger charge is -2.37. The third-order valence-corrected chi connectivity index (χ3v) is 5.56. The largest absolute Gasteiger partial charge is 0.507 e. The van der Waals surface area contributed by atoms with Gasteiger partial charge in [-0.1, -0.05) is 36.8 Å². The molecule has 26 heavy (non-hydrogen) atoms. The van der Waals surface area contributed by atoms with E-state index in [1.165, 1.54) is 6.42 Å². The highest BCUT2D eigenvalue weighted by molar-refractivity contribution is 6.12. The number of methoxy groups -OCH3 is 1. The Labute approximate surface area is 153 Å². The first-order valence-electron chi connectivity index (χ1n) is 9.16. The second-order valence-electron chi connectivity index (χ2n) is 7.15. The van der Waals surface area contributed by atoms with Crippen LogP contribution in [0.2, 0.25) is 0 Å². The van der Waals surface area contributed by atoms with Crippen LogP contribution in [0.4, 0.5) is 0 Å². The van der Waals surface area contributed by atoms with E-state index in [2.05, 4.69) is 0 Å². The number of aromatic hydroxyl groups is 2. The second kappa shape index (κ2) is 6.36. The fourth-order valence-corrected chi connectivity index (χ4v) is 4.05. The Balaban J connectivity index is 1.98. The van der Waals surface area contributed by atoms with Gasteiger partial charge in [0, 0.05) is 36.1 Å². The van der Waals surface area contributed by atoms with E-state index >= 15 is 0 Å². The molecule has 3 aromatic rings. The minimum Gasteiger partial charge on any atom is -0.507 e. The molecule has 4 nitrogen and oxygen atoms in total. The van der Waals surface area contributed by atoms with Crippen molar-refractivity contribution < 1.29 is 19.7 Å². The predicted octanol–water partition coefficient (Wildman–Crippen LogP) is 5.40. The molecule has 0 spiro atoms. The minimum atomic E-state index is -0.676. The normalized spacial score (nSPS) is 16.8. The Morgan fingerprint density at radius 2 is 1.50 bits per heavy atom. The standard InChI is InChI=1S/C22H24O4/c1-14-10-11-17-18(20(24)16-9-5-4-8-15(16)19(17)23)21(14)26-22(25-2)12-6-3-7-13-22/h4-5,8-11,23-24H,3,6-7,12-13H2,1-2H3. The molecule has 1 aliphatic carbocycles. The van der Waals surface area contributed by atoms with Crippen molar-refractivity contribution in [2.45, 2.75) is 44.8 Å². The lowest BCUT2D eigenvalue weighted by Crippen LogP contribution is -2.40. The van der Waals surface area contributed by atoms with Gasteiger partial charge in [-0.25, -0.2) is 0 Å². The highest BCUT2D eigenvalue weighted by Gasteiger charge is 2.35. The van der Waals surface area contributed by atoms with Gasteiger partial charge in [-0.2, -0.15) is 0 Å².